The molecule has 0 aliphatic carbocycles. The fourth-order valence-electron chi connectivity index (χ4n) is 1.73. The number of carbonyl (C=O) groups is 1. The number of nitrogens with one attached hydrogen (secondary N) is 1. The third-order valence-corrected chi connectivity index (χ3v) is 2.96. The van der Waals surface area contributed by atoms with Gasteiger partial charge in [-0.1, -0.05) is 11.6 Å². The maximum absolute atomic E-state index is 13.4. The predicted octanol–water partition coefficient (Wildman–Crippen LogP) is 1.75. The van der Waals surface area contributed by atoms with Crippen LogP contribution in [-0.4, -0.2) is 43.7 Å². The molecule has 18 heavy (non-hydrogen) atoms. The van der Waals surface area contributed by atoms with Gasteiger partial charge in [-0.05, 0) is 18.2 Å². The maximum Gasteiger partial charge on any atom is 0.242 e. The predicted molar refractivity (Wildman–Crippen MR) is 67.3 cm³/mol. The lowest BCUT2D eigenvalue weighted by Crippen LogP contribution is -2.43. The Labute approximate surface area is 110 Å². The van der Waals surface area contributed by atoms with Gasteiger partial charge in [-0.3, -0.25) is 4.79 Å². The lowest BCUT2D eigenvalue weighted by Gasteiger charge is -2.27. The summed E-state index contributed by atoms with van der Waals surface area (Å²) < 4.78 is 18.6. The van der Waals surface area contributed by atoms with E-state index in [-0.39, 0.29) is 18.1 Å². The second-order valence-electron chi connectivity index (χ2n) is 3.97. The molecule has 1 aromatic carbocycles. The van der Waals surface area contributed by atoms with Crippen LogP contribution < -0.4 is 5.32 Å². The van der Waals surface area contributed by atoms with Crippen LogP contribution in [0.15, 0.2) is 18.2 Å². The third kappa shape index (κ3) is 3.34. The first-order valence-corrected chi connectivity index (χ1v) is 6.09. The van der Waals surface area contributed by atoms with Gasteiger partial charge in [0.05, 0.1) is 25.4 Å². The number of rotatable bonds is 3. The van der Waals surface area contributed by atoms with Crippen molar-refractivity contribution in [3.63, 3.8) is 0 Å². The van der Waals surface area contributed by atoms with E-state index in [4.69, 9.17) is 16.3 Å². The Bertz CT molecular complexity index is 436. The quantitative estimate of drug-likeness (QED) is 0.911. The highest BCUT2D eigenvalue weighted by Crippen LogP contribution is 2.19. The number of anilines is 1. The summed E-state index contributed by atoms with van der Waals surface area (Å²) in [5, 5.41) is 3.19. The van der Waals surface area contributed by atoms with Crippen LogP contribution in [-0.2, 0) is 9.53 Å². The summed E-state index contributed by atoms with van der Waals surface area (Å²) in [5.74, 6) is -0.494. The van der Waals surface area contributed by atoms with Gasteiger partial charge in [0.2, 0.25) is 5.91 Å². The van der Waals surface area contributed by atoms with Gasteiger partial charge in [-0.2, -0.15) is 0 Å². The molecule has 2 rings (SSSR count). The Morgan fingerprint density at radius 2 is 2.17 bits per heavy atom. The molecule has 1 aliphatic rings. The lowest BCUT2D eigenvalue weighted by molar-refractivity contribution is -0.133. The van der Waals surface area contributed by atoms with Crippen molar-refractivity contribution in [3.8, 4) is 0 Å². The first-order valence-electron chi connectivity index (χ1n) is 5.71. The second-order valence-corrected chi connectivity index (χ2v) is 4.41. The van der Waals surface area contributed by atoms with Gasteiger partial charge in [0.15, 0.2) is 0 Å². The van der Waals surface area contributed by atoms with Crippen molar-refractivity contribution in [3.05, 3.63) is 29.0 Å². The molecule has 0 aromatic heterocycles. The maximum atomic E-state index is 13.4. The molecular weight excluding hydrogens is 259 g/mol. The SMILES string of the molecule is O=C(CNc1cc(Cl)ccc1F)N1CCOCC1. The summed E-state index contributed by atoms with van der Waals surface area (Å²) in [6.45, 7) is 2.32. The van der Waals surface area contributed by atoms with Gasteiger partial charge in [-0.15, -0.1) is 0 Å². The molecule has 1 N–H and O–H groups in total. The molecule has 1 saturated heterocycles. The Balaban J connectivity index is 1.90. The molecule has 0 atom stereocenters. The molecule has 1 fully saturated rings. The van der Waals surface area contributed by atoms with Gasteiger partial charge < -0.3 is 15.0 Å². The Morgan fingerprint density at radius 1 is 1.44 bits per heavy atom. The van der Waals surface area contributed by atoms with E-state index < -0.39 is 5.82 Å². The van der Waals surface area contributed by atoms with E-state index in [1.165, 1.54) is 18.2 Å². The molecule has 0 radical (unpaired) electrons. The Hall–Kier alpha value is -1.33. The monoisotopic (exact) mass is 272 g/mol. The molecular formula is C12H14ClFN2O2. The van der Waals surface area contributed by atoms with Crippen LogP contribution in [0, 0.1) is 5.82 Å². The molecule has 98 valence electrons. The van der Waals surface area contributed by atoms with E-state index in [2.05, 4.69) is 5.32 Å². The second kappa shape index (κ2) is 6.02. The first-order chi connectivity index (χ1) is 8.66. The molecule has 1 amide bonds. The average molecular weight is 273 g/mol. The summed E-state index contributed by atoms with van der Waals surface area (Å²) in [6, 6.07) is 4.19. The van der Waals surface area contributed by atoms with Gasteiger partial charge >= 0.3 is 0 Å². The van der Waals surface area contributed by atoms with Crippen molar-refractivity contribution >= 4 is 23.2 Å². The number of hydrogen-bond acceptors (Lipinski definition) is 3. The highest BCUT2D eigenvalue weighted by atomic mass is 35.5. The van der Waals surface area contributed by atoms with Crippen molar-refractivity contribution < 1.29 is 13.9 Å². The number of benzene rings is 1. The zero-order chi connectivity index (χ0) is 13.0. The van der Waals surface area contributed by atoms with E-state index in [9.17, 15) is 9.18 Å². The number of nitrogens with zero attached hydrogens (tertiary/aromatic N) is 1. The Kier molecular flexibility index (Phi) is 4.38. The van der Waals surface area contributed by atoms with Crippen molar-refractivity contribution in [2.45, 2.75) is 0 Å². The van der Waals surface area contributed by atoms with Crippen LogP contribution in [0.5, 0.6) is 0 Å². The number of ether oxygens (including phenoxy) is 1. The van der Waals surface area contributed by atoms with Gasteiger partial charge in [0.1, 0.15) is 5.82 Å². The van der Waals surface area contributed by atoms with Gasteiger partial charge in [0.25, 0.3) is 0 Å². The number of carbonyl (C=O) groups excluding carboxylic acids is 1. The van der Waals surface area contributed by atoms with Crippen molar-refractivity contribution in [1.82, 2.24) is 4.90 Å². The zero-order valence-corrected chi connectivity index (χ0v) is 10.5. The topological polar surface area (TPSA) is 41.6 Å². The summed E-state index contributed by atoms with van der Waals surface area (Å²) >= 11 is 5.76. The highest BCUT2D eigenvalue weighted by molar-refractivity contribution is 6.30. The summed E-state index contributed by atoms with van der Waals surface area (Å²) in [7, 11) is 0. The first kappa shape index (κ1) is 13.1. The van der Waals surface area contributed by atoms with Crippen LogP contribution in [0.25, 0.3) is 0 Å². The van der Waals surface area contributed by atoms with Crippen LogP contribution in [0.4, 0.5) is 10.1 Å². The van der Waals surface area contributed by atoms with Crippen molar-refractivity contribution in [1.29, 1.82) is 0 Å². The number of halogens is 2. The highest BCUT2D eigenvalue weighted by Gasteiger charge is 2.16. The van der Waals surface area contributed by atoms with E-state index in [0.29, 0.717) is 31.3 Å². The number of hydrogen-bond donors (Lipinski definition) is 1. The summed E-state index contributed by atoms with van der Waals surface area (Å²) in [4.78, 5) is 13.5. The van der Waals surface area contributed by atoms with E-state index in [1.54, 1.807) is 4.90 Å². The van der Waals surface area contributed by atoms with Crippen LogP contribution in [0.1, 0.15) is 0 Å². The largest absolute Gasteiger partial charge is 0.378 e. The lowest BCUT2D eigenvalue weighted by atomic mass is 10.3. The normalized spacial score (nSPS) is 15.6. The van der Waals surface area contributed by atoms with Crippen molar-refractivity contribution in [2.24, 2.45) is 0 Å². The zero-order valence-electron chi connectivity index (χ0n) is 9.79. The molecule has 6 heteroatoms. The van der Waals surface area contributed by atoms with E-state index in [0.717, 1.165) is 0 Å². The van der Waals surface area contributed by atoms with Crippen molar-refractivity contribution in [2.75, 3.05) is 38.2 Å². The Morgan fingerprint density at radius 3 is 2.89 bits per heavy atom. The smallest absolute Gasteiger partial charge is 0.242 e. The van der Waals surface area contributed by atoms with Crippen LogP contribution >= 0.6 is 11.6 Å². The number of amides is 1. The van der Waals surface area contributed by atoms with Gasteiger partial charge in [0, 0.05) is 18.1 Å². The molecule has 1 aliphatic heterocycles. The fourth-order valence-corrected chi connectivity index (χ4v) is 1.90. The molecule has 0 unspecified atom stereocenters. The standard InChI is InChI=1S/C12H14ClFN2O2/c13-9-1-2-10(14)11(7-9)15-8-12(17)16-3-5-18-6-4-16/h1-2,7,15H,3-6,8H2. The molecule has 0 saturated carbocycles. The molecule has 1 heterocycles. The average Bonchev–Trinajstić information content (AvgIpc) is 2.40. The minimum atomic E-state index is -0.422. The molecule has 0 bridgehead atoms. The molecule has 0 spiro atoms. The van der Waals surface area contributed by atoms with Gasteiger partial charge in [-0.25, -0.2) is 4.39 Å². The van der Waals surface area contributed by atoms with Crippen LogP contribution in [0.3, 0.4) is 0 Å². The fraction of sp³-hybridized carbons (Fsp3) is 0.417. The third-order valence-electron chi connectivity index (χ3n) is 2.72. The summed E-state index contributed by atoms with van der Waals surface area (Å²) in [5.41, 5.74) is 0.240. The minimum absolute atomic E-state index is 0.0528. The number of morpholine rings is 1. The summed E-state index contributed by atoms with van der Waals surface area (Å²) in [6.07, 6.45) is 0. The van der Waals surface area contributed by atoms with E-state index in [1.807, 2.05) is 0 Å². The van der Waals surface area contributed by atoms with E-state index >= 15 is 0 Å². The molecule has 4 nitrogen and oxygen atoms in total. The molecule has 1 aromatic rings. The van der Waals surface area contributed by atoms with Crippen LogP contribution in [0.2, 0.25) is 5.02 Å². The minimum Gasteiger partial charge on any atom is -0.378 e.